The van der Waals surface area contributed by atoms with Crippen LogP contribution in [0.3, 0.4) is 0 Å². The Labute approximate surface area is 121 Å². The number of halogens is 1. The van der Waals surface area contributed by atoms with Crippen LogP contribution in [0.1, 0.15) is 15.9 Å². The number of carbonyl (C=O) groups is 1. The molecule has 0 radical (unpaired) electrons. The molecule has 19 heavy (non-hydrogen) atoms. The quantitative estimate of drug-likeness (QED) is 0.669. The fourth-order valence-corrected chi connectivity index (χ4v) is 2.04. The normalized spacial score (nSPS) is 10.6. The standard InChI is InChI=1S/C16H14BrNO/c17-15-8-4-7-14(11-15)16(19)9-10-18-12-13-5-2-1-3-6-13/h1-11,18H,12H2. The second-order valence-corrected chi connectivity index (χ2v) is 4.99. The number of ketones is 1. The molecule has 3 heteroatoms. The van der Waals surface area contributed by atoms with Gasteiger partial charge in [0.05, 0.1) is 0 Å². The molecule has 2 aromatic carbocycles. The van der Waals surface area contributed by atoms with E-state index in [4.69, 9.17) is 0 Å². The maximum Gasteiger partial charge on any atom is 0.187 e. The van der Waals surface area contributed by atoms with E-state index in [0.29, 0.717) is 12.1 Å². The predicted molar refractivity (Wildman–Crippen MR) is 80.9 cm³/mol. The number of hydrogen-bond acceptors (Lipinski definition) is 2. The molecule has 0 spiro atoms. The summed E-state index contributed by atoms with van der Waals surface area (Å²) in [4.78, 5) is 11.9. The van der Waals surface area contributed by atoms with E-state index in [2.05, 4.69) is 21.2 Å². The molecule has 1 N–H and O–H groups in total. The Morgan fingerprint density at radius 3 is 2.63 bits per heavy atom. The fraction of sp³-hybridized carbons (Fsp3) is 0.0625. The first-order valence-corrected chi connectivity index (χ1v) is 6.79. The molecule has 2 nitrogen and oxygen atoms in total. The van der Waals surface area contributed by atoms with Gasteiger partial charge in [0.15, 0.2) is 5.78 Å². The van der Waals surface area contributed by atoms with Crippen LogP contribution in [0.5, 0.6) is 0 Å². The Kier molecular flexibility index (Phi) is 4.93. The van der Waals surface area contributed by atoms with Crippen molar-refractivity contribution in [3.05, 3.63) is 82.5 Å². The zero-order valence-corrected chi connectivity index (χ0v) is 11.9. The number of nitrogens with one attached hydrogen (secondary N) is 1. The molecule has 0 fully saturated rings. The SMILES string of the molecule is O=C(C=CNCc1ccccc1)c1cccc(Br)c1. The largest absolute Gasteiger partial charge is 0.387 e. The fourth-order valence-electron chi connectivity index (χ4n) is 1.65. The lowest BCUT2D eigenvalue weighted by Gasteiger charge is -2.00. The molecule has 0 amide bonds. The highest BCUT2D eigenvalue weighted by Crippen LogP contribution is 2.12. The van der Waals surface area contributed by atoms with Crippen molar-refractivity contribution in [1.82, 2.24) is 5.32 Å². The van der Waals surface area contributed by atoms with Gasteiger partial charge < -0.3 is 5.32 Å². The summed E-state index contributed by atoms with van der Waals surface area (Å²) in [6, 6.07) is 17.4. The zero-order chi connectivity index (χ0) is 13.5. The van der Waals surface area contributed by atoms with Crippen molar-refractivity contribution >= 4 is 21.7 Å². The maximum atomic E-state index is 11.9. The van der Waals surface area contributed by atoms with E-state index in [0.717, 1.165) is 4.47 Å². The molecule has 0 unspecified atom stereocenters. The highest BCUT2D eigenvalue weighted by Gasteiger charge is 2.00. The van der Waals surface area contributed by atoms with Crippen LogP contribution in [-0.2, 0) is 6.54 Å². The molecule has 2 rings (SSSR count). The van der Waals surface area contributed by atoms with Crippen molar-refractivity contribution in [2.24, 2.45) is 0 Å². The maximum absolute atomic E-state index is 11.9. The van der Waals surface area contributed by atoms with Crippen molar-refractivity contribution in [3.8, 4) is 0 Å². The van der Waals surface area contributed by atoms with Gasteiger partial charge in [-0.3, -0.25) is 4.79 Å². The van der Waals surface area contributed by atoms with Gasteiger partial charge in [0.1, 0.15) is 0 Å². The van der Waals surface area contributed by atoms with Crippen LogP contribution in [0.4, 0.5) is 0 Å². The van der Waals surface area contributed by atoms with Crippen LogP contribution in [-0.4, -0.2) is 5.78 Å². The molecular weight excluding hydrogens is 302 g/mol. The van der Waals surface area contributed by atoms with Crippen LogP contribution in [0.15, 0.2) is 71.3 Å². The van der Waals surface area contributed by atoms with Gasteiger partial charge in [-0.1, -0.05) is 58.4 Å². The molecular formula is C16H14BrNO. The monoisotopic (exact) mass is 315 g/mol. The highest BCUT2D eigenvalue weighted by molar-refractivity contribution is 9.10. The molecule has 0 aliphatic heterocycles. The van der Waals surface area contributed by atoms with Gasteiger partial charge in [0.25, 0.3) is 0 Å². The highest BCUT2D eigenvalue weighted by atomic mass is 79.9. The van der Waals surface area contributed by atoms with E-state index in [-0.39, 0.29) is 5.78 Å². The van der Waals surface area contributed by atoms with Crippen molar-refractivity contribution in [3.63, 3.8) is 0 Å². The van der Waals surface area contributed by atoms with Gasteiger partial charge >= 0.3 is 0 Å². The van der Waals surface area contributed by atoms with Crippen LogP contribution < -0.4 is 5.32 Å². The van der Waals surface area contributed by atoms with Crippen molar-refractivity contribution in [1.29, 1.82) is 0 Å². The smallest absolute Gasteiger partial charge is 0.187 e. The van der Waals surface area contributed by atoms with E-state index < -0.39 is 0 Å². The second-order valence-electron chi connectivity index (χ2n) is 4.07. The molecule has 2 aromatic rings. The number of benzene rings is 2. The van der Waals surface area contributed by atoms with Gasteiger partial charge in [-0.2, -0.15) is 0 Å². The van der Waals surface area contributed by atoms with Crippen LogP contribution in [0.2, 0.25) is 0 Å². The first-order valence-electron chi connectivity index (χ1n) is 5.99. The lowest BCUT2D eigenvalue weighted by molar-refractivity contribution is 0.104. The van der Waals surface area contributed by atoms with Crippen molar-refractivity contribution < 1.29 is 4.79 Å². The minimum Gasteiger partial charge on any atom is -0.387 e. The van der Waals surface area contributed by atoms with E-state index in [1.54, 1.807) is 18.3 Å². The summed E-state index contributed by atoms with van der Waals surface area (Å²) in [6.07, 6.45) is 3.24. The van der Waals surface area contributed by atoms with Crippen molar-refractivity contribution in [2.75, 3.05) is 0 Å². The van der Waals surface area contributed by atoms with E-state index >= 15 is 0 Å². The van der Waals surface area contributed by atoms with Crippen LogP contribution >= 0.6 is 15.9 Å². The third-order valence-electron chi connectivity index (χ3n) is 2.61. The predicted octanol–water partition coefficient (Wildman–Crippen LogP) is 3.94. The molecule has 0 heterocycles. The van der Waals surface area contributed by atoms with Gasteiger partial charge in [0.2, 0.25) is 0 Å². The lowest BCUT2D eigenvalue weighted by Crippen LogP contribution is -2.05. The summed E-state index contributed by atoms with van der Waals surface area (Å²) in [5, 5.41) is 3.10. The molecule has 96 valence electrons. The number of rotatable bonds is 5. The average molecular weight is 316 g/mol. The average Bonchev–Trinajstić information content (AvgIpc) is 2.44. The first-order chi connectivity index (χ1) is 9.25. The molecule has 0 aromatic heterocycles. The van der Waals surface area contributed by atoms with Crippen LogP contribution in [0.25, 0.3) is 0 Å². The Bertz CT molecular complexity index is 578. The molecule has 0 aliphatic carbocycles. The van der Waals surface area contributed by atoms with E-state index in [1.165, 1.54) is 5.56 Å². The molecule has 0 saturated carbocycles. The Morgan fingerprint density at radius 2 is 1.89 bits per heavy atom. The molecule has 0 aliphatic rings. The third kappa shape index (κ3) is 4.38. The summed E-state index contributed by atoms with van der Waals surface area (Å²) < 4.78 is 0.906. The zero-order valence-electron chi connectivity index (χ0n) is 10.3. The van der Waals surface area contributed by atoms with Crippen LogP contribution in [0, 0.1) is 0 Å². The van der Waals surface area contributed by atoms with E-state index in [1.807, 2.05) is 48.5 Å². The topological polar surface area (TPSA) is 29.1 Å². The Morgan fingerprint density at radius 1 is 1.11 bits per heavy atom. The molecule has 0 atom stereocenters. The summed E-state index contributed by atoms with van der Waals surface area (Å²) in [7, 11) is 0. The number of hydrogen-bond donors (Lipinski definition) is 1. The van der Waals surface area contributed by atoms with Gasteiger partial charge in [0, 0.05) is 28.9 Å². The number of carbonyl (C=O) groups excluding carboxylic acids is 1. The summed E-state index contributed by atoms with van der Waals surface area (Å²) >= 11 is 3.35. The number of allylic oxidation sites excluding steroid dienone is 1. The summed E-state index contributed by atoms with van der Waals surface area (Å²) in [5.41, 5.74) is 1.86. The molecule has 0 bridgehead atoms. The minimum absolute atomic E-state index is 0.0122. The Hall–Kier alpha value is -1.87. The Balaban J connectivity index is 1.87. The third-order valence-corrected chi connectivity index (χ3v) is 3.10. The summed E-state index contributed by atoms with van der Waals surface area (Å²) in [5.74, 6) is -0.0122. The van der Waals surface area contributed by atoms with E-state index in [9.17, 15) is 4.79 Å². The summed E-state index contributed by atoms with van der Waals surface area (Å²) in [6.45, 7) is 0.711. The minimum atomic E-state index is -0.0122. The van der Waals surface area contributed by atoms with Crippen molar-refractivity contribution in [2.45, 2.75) is 6.54 Å². The van der Waals surface area contributed by atoms with Gasteiger partial charge in [-0.05, 0) is 17.7 Å². The lowest BCUT2D eigenvalue weighted by atomic mass is 10.1. The second kappa shape index (κ2) is 6.90. The molecule has 0 saturated heterocycles. The van der Waals surface area contributed by atoms with Gasteiger partial charge in [-0.15, -0.1) is 0 Å². The first kappa shape index (κ1) is 13.6. The van der Waals surface area contributed by atoms with Gasteiger partial charge in [-0.25, -0.2) is 0 Å².